The number of ether oxygens (including phenoxy) is 1. The minimum atomic E-state index is -0.497. The molecule has 3 rings (SSSR count). The van der Waals surface area contributed by atoms with Crippen molar-refractivity contribution in [3.05, 3.63) is 126 Å². The average Bonchev–Trinajstić information content (AvgIpc) is 2.80. The maximum absolute atomic E-state index is 6.29. The molecule has 0 aliphatic carbocycles. The zero-order valence-corrected chi connectivity index (χ0v) is 18.1. The highest BCUT2D eigenvalue weighted by Crippen LogP contribution is 2.35. The van der Waals surface area contributed by atoms with Crippen LogP contribution in [0.25, 0.3) is 16.7 Å². The number of hydrogen-bond donors (Lipinski definition) is 0. The van der Waals surface area contributed by atoms with Gasteiger partial charge in [0.1, 0.15) is 5.60 Å². The van der Waals surface area contributed by atoms with Gasteiger partial charge >= 0.3 is 0 Å². The second kappa shape index (κ2) is 10.0. The highest BCUT2D eigenvalue weighted by atomic mass is 16.5. The number of benzene rings is 3. The van der Waals surface area contributed by atoms with Crippen molar-refractivity contribution < 1.29 is 4.74 Å². The van der Waals surface area contributed by atoms with Crippen LogP contribution < -0.4 is 0 Å². The van der Waals surface area contributed by atoms with Crippen LogP contribution in [0.2, 0.25) is 0 Å². The molecule has 0 saturated heterocycles. The molecule has 0 aromatic heterocycles. The molecule has 0 amide bonds. The molecule has 0 heterocycles. The van der Waals surface area contributed by atoms with Gasteiger partial charge in [0.05, 0.1) is 0 Å². The van der Waals surface area contributed by atoms with Gasteiger partial charge in [-0.1, -0.05) is 110 Å². The molecule has 0 spiro atoms. The Morgan fingerprint density at radius 2 is 1.40 bits per heavy atom. The number of hydrogen-bond acceptors (Lipinski definition) is 1. The van der Waals surface area contributed by atoms with Crippen LogP contribution in [-0.2, 0) is 10.3 Å². The first-order valence-corrected chi connectivity index (χ1v) is 10.5. The van der Waals surface area contributed by atoms with Crippen LogP contribution in [0, 0.1) is 0 Å². The summed E-state index contributed by atoms with van der Waals surface area (Å²) in [7, 11) is 0. The third-order valence-corrected chi connectivity index (χ3v) is 5.46. The smallest absolute Gasteiger partial charge is 0.115 e. The van der Waals surface area contributed by atoms with Crippen molar-refractivity contribution >= 4 is 5.57 Å². The molecule has 0 aliphatic rings. The first-order valence-electron chi connectivity index (χ1n) is 10.5. The molecule has 1 unspecified atom stereocenters. The van der Waals surface area contributed by atoms with Crippen molar-refractivity contribution in [1.29, 1.82) is 0 Å². The fraction of sp³-hybridized carbons (Fsp3) is 0.172. The van der Waals surface area contributed by atoms with Gasteiger partial charge in [-0.2, -0.15) is 0 Å². The summed E-state index contributed by atoms with van der Waals surface area (Å²) in [5.74, 6) is 0. The van der Waals surface area contributed by atoms with Crippen LogP contribution in [0.15, 0.2) is 110 Å². The standard InChI is InChI=1S/C29H30O/c1-5-7-9-12-23(3)24-15-19-27(20-16-24)29(4,30-6-2)28-21-17-26(18-22-28)25-13-10-8-11-14-25/h5,7-22H,1,6H2,2-4H3/b9-7-,23-12+. The molecule has 0 N–H and O–H groups in total. The molecule has 3 aromatic rings. The van der Waals surface area contributed by atoms with Crippen LogP contribution in [0.1, 0.15) is 37.5 Å². The van der Waals surface area contributed by atoms with Gasteiger partial charge in [0.15, 0.2) is 0 Å². The van der Waals surface area contributed by atoms with E-state index >= 15 is 0 Å². The highest BCUT2D eigenvalue weighted by Gasteiger charge is 2.29. The summed E-state index contributed by atoms with van der Waals surface area (Å²) in [6.45, 7) is 10.7. The monoisotopic (exact) mass is 394 g/mol. The fourth-order valence-corrected chi connectivity index (χ4v) is 3.66. The number of allylic oxidation sites excluding steroid dienone is 5. The van der Waals surface area contributed by atoms with E-state index in [1.165, 1.54) is 22.3 Å². The minimum Gasteiger partial charge on any atom is -0.366 e. The summed E-state index contributed by atoms with van der Waals surface area (Å²) in [5.41, 5.74) is 6.65. The maximum atomic E-state index is 6.29. The molecule has 0 fully saturated rings. The first kappa shape index (κ1) is 21.5. The van der Waals surface area contributed by atoms with E-state index in [0.29, 0.717) is 6.61 Å². The van der Waals surface area contributed by atoms with Crippen molar-refractivity contribution in [3.63, 3.8) is 0 Å². The van der Waals surface area contributed by atoms with E-state index < -0.39 is 5.60 Å². The van der Waals surface area contributed by atoms with Crippen molar-refractivity contribution in [3.8, 4) is 11.1 Å². The van der Waals surface area contributed by atoms with E-state index in [2.05, 4.69) is 99.3 Å². The predicted octanol–water partition coefficient (Wildman–Crippen LogP) is 7.80. The molecule has 1 atom stereocenters. The Labute approximate surface area is 181 Å². The van der Waals surface area contributed by atoms with E-state index in [1.54, 1.807) is 6.08 Å². The van der Waals surface area contributed by atoms with E-state index in [4.69, 9.17) is 4.74 Å². The normalized spacial score (nSPS) is 13.9. The van der Waals surface area contributed by atoms with Crippen molar-refractivity contribution in [2.24, 2.45) is 0 Å². The van der Waals surface area contributed by atoms with Gasteiger partial charge in [-0.3, -0.25) is 0 Å². The maximum Gasteiger partial charge on any atom is 0.115 e. The van der Waals surface area contributed by atoms with Gasteiger partial charge in [0.25, 0.3) is 0 Å². The molecular formula is C29H30O. The molecule has 0 radical (unpaired) electrons. The summed E-state index contributed by atoms with van der Waals surface area (Å²) in [4.78, 5) is 0. The predicted molar refractivity (Wildman–Crippen MR) is 129 cm³/mol. The van der Waals surface area contributed by atoms with E-state index in [-0.39, 0.29) is 0 Å². The van der Waals surface area contributed by atoms with Crippen molar-refractivity contribution in [2.75, 3.05) is 6.61 Å². The summed E-state index contributed by atoms with van der Waals surface area (Å²) >= 11 is 0. The summed E-state index contributed by atoms with van der Waals surface area (Å²) in [5, 5.41) is 0. The Bertz CT molecular complexity index is 1010. The van der Waals surface area contributed by atoms with Gasteiger partial charge in [-0.05, 0) is 54.2 Å². The van der Waals surface area contributed by atoms with Crippen LogP contribution in [0.4, 0.5) is 0 Å². The molecule has 3 aromatic carbocycles. The summed E-state index contributed by atoms with van der Waals surface area (Å²) in [6, 6.07) is 27.8. The second-order valence-corrected chi connectivity index (χ2v) is 7.46. The lowest BCUT2D eigenvalue weighted by atomic mass is 9.86. The first-order chi connectivity index (χ1) is 14.6. The molecule has 0 aliphatic heterocycles. The fourth-order valence-electron chi connectivity index (χ4n) is 3.66. The van der Waals surface area contributed by atoms with Crippen LogP contribution in [0.5, 0.6) is 0 Å². The molecule has 1 heteroatoms. The summed E-state index contributed by atoms with van der Waals surface area (Å²) in [6.07, 6.45) is 7.82. The molecular weight excluding hydrogens is 364 g/mol. The highest BCUT2D eigenvalue weighted by molar-refractivity contribution is 5.66. The molecule has 0 bridgehead atoms. The van der Waals surface area contributed by atoms with Crippen LogP contribution in [-0.4, -0.2) is 6.61 Å². The molecule has 1 nitrogen and oxygen atoms in total. The minimum absolute atomic E-state index is 0.497. The average molecular weight is 395 g/mol. The Morgan fingerprint density at radius 1 is 0.833 bits per heavy atom. The van der Waals surface area contributed by atoms with E-state index in [1.807, 2.05) is 25.1 Å². The zero-order chi connectivity index (χ0) is 21.4. The van der Waals surface area contributed by atoms with Gasteiger partial charge in [0.2, 0.25) is 0 Å². The molecule has 152 valence electrons. The largest absolute Gasteiger partial charge is 0.366 e. The Kier molecular flexibility index (Phi) is 7.21. The van der Waals surface area contributed by atoms with E-state index in [9.17, 15) is 0 Å². The number of rotatable bonds is 8. The SMILES string of the molecule is C=C/C=C\C=C(/C)c1ccc(C(C)(OCC)c2ccc(-c3ccccc3)cc2)cc1. The van der Waals surface area contributed by atoms with E-state index in [0.717, 1.165) is 11.1 Å². The van der Waals surface area contributed by atoms with Crippen molar-refractivity contribution in [2.45, 2.75) is 26.4 Å². The zero-order valence-electron chi connectivity index (χ0n) is 18.1. The van der Waals surface area contributed by atoms with Gasteiger partial charge in [-0.25, -0.2) is 0 Å². The Morgan fingerprint density at radius 3 is 1.97 bits per heavy atom. The summed E-state index contributed by atoms with van der Waals surface area (Å²) < 4.78 is 6.29. The third kappa shape index (κ3) is 4.87. The second-order valence-electron chi connectivity index (χ2n) is 7.46. The van der Waals surface area contributed by atoms with Gasteiger partial charge in [0, 0.05) is 6.61 Å². The van der Waals surface area contributed by atoms with Crippen LogP contribution in [0.3, 0.4) is 0 Å². The molecule has 30 heavy (non-hydrogen) atoms. The topological polar surface area (TPSA) is 9.23 Å². The Hall–Kier alpha value is -3.16. The lowest BCUT2D eigenvalue weighted by molar-refractivity contribution is 0.00405. The third-order valence-electron chi connectivity index (χ3n) is 5.46. The molecule has 0 saturated carbocycles. The Balaban J connectivity index is 1.91. The van der Waals surface area contributed by atoms with Gasteiger partial charge in [-0.15, -0.1) is 0 Å². The lowest BCUT2D eigenvalue weighted by Crippen LogP contribution is -2.27. The van der Waals surface area contributed by atoms with Gasteiger partial charge < -0.3 is 4.74 Å². The van der Waals surface area contributed by atoms with Crippen molar-refractivity contribution in [1.82, 2.24) is 0 Å². The quantitative estimate of drug-likeness (QED) is 0.354. The van der Waals surface area contributed by atoms with Crippen LogP contribution >= 0.6 is 0 Å². The lowest BCUT2D eigenvalue weighted by Gasteiger charge is -2.31.